The third-order valence-corrected chi connectivity index (χ3v) is 4.25. The van der Waals surface area contributed by atoms with Crippen LogP contribution >= 0.6 is 0 Å². The molecule has 154 valence electrons. The molecule has 2 unspecified atom stereocenters. The maximum Gasteiger partial charge on any atom is 2.00 e. The number of rotatable bonds is 8. The first-order valence-electron chi connectivity index (χ1n) is 10.3. The Morgan fingerprint density at radius 1 is 0.923 bits per heavy atom. The number of hydrogen-bond acceptors (Lipinski definition) is 2. The molecule has 0 saturated heterocycles. The summed E-state index contributed by atoms with van der Waals surface area (Å²) in [6.45, 7) is 16.8. The van der Waals surface area contributed by atoms with E-state index in [0.717, 1.165) is 25.7 Å². The molecule has 4 heteroatoms. The molecule has 1 fully saturated rings. The Bertz CT molecular complexity index is 251. The molecule has 3 nitrogen and oxygen atoms in total. The van der Waals surface area contributed by atoms with Crippen LogP contribution in [0.25, 0.3) is 0 Å². The number of Topliss-reactive ketones (excluding diaryl/α,β-unsaturated/α-hetero) is 1. The van der Waals surface area contributed by atoms with Crippen LogP contribution < -0.4 is 5.73 Å². The number of hydrogen-bond donors (Lipinski definition) is 1. The zero-order valence-corrected chi connectivity index (χ0v) is 20.5. The van der Waals surface area contributed by atoms with Gasteiger partial charge in [-0.05, 0) is 12.8 Å². The smallest absolute Gasteiger partial charge is 0.372 e. The zero-order valence-electron chi connectivity index (χ0n) is 18.0. The van der Waals surface area contributed by atoms with Gasteiger partial charge >= 0.3 is 26.2 Å². The van der Waals surface area contributed by atoms with Gasteiger partial charge in [0.1, 0.15) is 5.78 Å². The Hall–Kier alpha value is 0.0231. The number of ketones is 1. The minimum absolute atomic E-state index is 0. The molecule has 0 radical (unpaired) electrons. The standard InChI is InChI=1S/2C8H17.C5H8O.CH3NO.Zr/c2*1-4-6-7-8(3)5-2;6-5-3-1-2-4-5;2-1-3;/h2*8H,3-7H2,1-2H3;1-4H2;1H,(H2,2,3);/q2*-1;;;+2. The van der Waals surface area contributed by atoms with Crippen LogP contribution in [-0.2, 0) is 35.8 Å². The Morgan fingerprint density at radius 2 is 1.23 bits per heavy atom. The average Bonchev–Trinajstić information content (AvgIpc) is 3.10. The molecule has 0 spiro atoms. The monoisotopic (exact) mass is 445 g/mol. The van der Waals surface area contributed by atoms with E-state index >= 15 is 0 Å². The van der Waals surface area contributed by atoms with Gasteiger partial charge in [0, 0.05) is 12.8 Å². The molecule has 0 heterocycles. The van der Waals surface area contributed by atoms with Crippen LogP contribution in [0.5, 0.6) is 0 Å². The van der Waals surface area contributed by atoms with Crippen LogP contribution in [0.3, 0.4) is 0 Å². The number of primary amides is 1. The van der Waals surface area contributed by atoms with Crippen LogP contribution in [-0.4, -0.2) is 12.2 Å². The van der Waals surface area contributed by atoms with Gasteiger partial charge in [0.15, 0.2) is 0 Å². The van der Waals surface area contributed by atoms with E-state index in [1.807, 2.05) is 0 Å². The predicted octanol–water partition coefficient (Wildman–Crippen LogP) is 6.30. The first-order valence-corrected chi connectivity index (χ1v) is 10.3. The fourth-order valence-electron chi connectivity index (χ4n) is 2.16. The van der Waals surface area contributed by atoms with Gasteiger partial charge < -0.3 is 19.6 Å². The SMILES string of the molecule is NC=O.O=C1CCCC1.[CH2-]C(CC)CCCC.[CH2-]C(CC)CCCC.[Zr+2]. The molecule has 26 heavy (non-hydrogen) atoms. The third kappa shape index (κ3) is 35.2. The van der Waals surface area contributed by atoms with E-state index < -0.39 is 0 Å². The van der Waals surface area contributed by atoms with Crippen molar-refractivity contribution in [2.24, 2.45) is 17.6 Å². The largest absolute Gasteiger partial charge is 2.00 e. The van der Waals surface area contributed by atoms with Crippen molar-refractivity contribution < 1.29 is 35.8 Å². The van der Waals surface area contributed by atoms with Crippen LogP contribution in [0.1, 0.15) is 105 Å². The van der Waals surface area contributed by atoms with Crippen molar-refractivity contribution in [3.05, 3.63) is 13.8 Å². The molecular formula is C22H45NO2Zr. The minimum atomic E-state index is 0. The van der Waals surface area contributed by atoms with Crippen LogP contribution in [0.4, 0.5) is 0 Å². The Morgan fingerprint density at radius 3 is 1.38 bits per heavy atom. The Labute approximate surface area is 183 Å². The summed E-state index contributed by atoms with van der Waals surface area (Å²) < 4.78 is 0. The van der Waals surface area contributed by atoms with Crippen molar-refractivity contribution in [3.8, 4) is 0 Å². The van der Waals surface area contributed by atoms with Gasteiger partial charge in [0.25, 0.3) is 0 Å². The fraction of sp³-hybridized carbons (Fsp3) is 0.818. The second kappa shape index (κ2) is 29.8. The summed E-state index contributed by atoms with van der Waals surface area (Å²) in [5.41, 5.74) is 4.17. The normalized spacial score (nSPS) is 14.2. The molecular weight excluding hydrogens is 401 g/mol. The molecule has 2 atom stereocenters. The quantitative estimate of drug-likeness (QED) is 0.351. The van der Waals surface area contributed by atoms with E-state index in [1.54, 1.807) is 0 Å². The maximum absolute atomic E-state index is 10.2. The van der Waals surface area contributed by atoms with Crippen molar-refractivity contribution in [1.29, 1.82) is 0 Å². The van der Waals surface area contributed by atoms with Gasteiger partial charge in [-0.15, -0.1) is 0 Å². The van der Waals surface area contributed by atoms with E-state index in [2.05, 4.69) is 47.3 Å². The van der Waals surface area contributed by atoms with E-state index in [0.29, 0.717) is 17.6 Å². The topological polar surface area (TPSA) is 60.2 Å². The van der Waals surface area contributed by atoms with Crippen LogP contribution in [0, 0.1) is 25.7 Å². The van der Waals surface area contributed by atoms with Gasteiger partial charge in [-0.1, -0.05) is 79.1 Å². The fourth-order valence-corrected chi connectivity index (χ4v) is 2.16. The summed E-state index contributed by atoms with van der Waals surface area (Å²) in [6, 6.07) is 0. The van der Waals surface area contributed by atoms with Crippen molar-refractivity contribution in [3.63, 3.8) is 0 Å². The van der Waals surface area contributed by atoms with Crippen LogP contribution in [0.2, 0.25) is 0 Å². The van der Waals surface area contributed by atoms with E-state index in [-0.39, 0.29) is 32.6 Å². The molecule has 1 aliphatic rings. The van der Waals surface area contributed by atoms with E-state index in [9.17, 15) is 4.79 Å². The Balaban J connectivity index is -0.000000128. The van der Waals surface area contributed by atoms with Gasteiger partial charge in [0.05, 0.1) is 0 Å². The van der Waals surface area contributed by atoms with Crippen molar-refractivity contribution >= 4 is 12.2 Å². The summed E-state index contributed by atoms with van der Waals surface area (Å²) in [7, 11) is 0. The number of carbonyl (C=O) groups is 2. The summed E-state index contributed by atoms with van der Waals surface area (Å²) in [5, 5.41) is 0. The molecule has 1 aliphatic carbocycles. The second-order valence-corrected chi connectivity index (χ2v) is 6.71. The molecule has 0 bridgehead atoms. The van der Waals surface area contributed by atoms with E-state index in [4.69, 9.17) is 4.79 Å². The van der Waals surface area contributed by atoms with Gasteiger partial charge in [0.2, 0.25) is 6.41 Å². The number of amides is 1. The summed E-state index contributed by atoms with van der Waals surface area (Å²) in [4.78, 5) is 18.8. The van der Waals surface area contributed by atoms with Gasteiger partial charge in [-0.3, -0.25) is 9.59 Å². The first-order chi connectivity index (χ1) is 11.9. The number of carbonyl (C=O) groups excluding carboxylic acids is 2. The number of unbranched alkanes of at least 4 members (excludes halogenated alkanes) is 2. The predicted molar refractivity (Wildman–Crippen MR) is 111 cm³/mol. The first kappa shape index (κ1) is 33.6. The molecule has 0 aromatic carbocycles. The summed E-state index contributed by atoms with van der Waals surface area (Å²) in [6.07, 6.45) is 14.6. The van der Waals surface area contributed by atoms with Gasteiger partial charge in [-0.2, -0.15) is 11.8 Å². The molecule has 0 aliphatic heterocycles. The second-order valence-electron chi connectivity index (χ2n) is 6.71. The zero-order chi connectivity index (χ0) is 19.9. The third-order valence-electron chi connectivity index (χ3n) is 4.25. The molecule has 1 rings (SSSR count). The molecule has 1 amide bonds. The summed E-state index contributed by atoms with van der Waals surface area (Å²) in [5.74, 6) is 1.86. The number of nitrogens with two attached hydrogens (primary N) is 1. The van der Waals surface area contributed by atoms with Gasteiger partial charge in [-0.25, -0.2) is 0 Å². The van der Waals surface area contributed by atoms with Crippen LogP contribution in [0.15, 0.2) is 0 Å². The molecule has 1 saturated carbocycles. The summed E-state index contributed by atoms with van der Waals surface area (Å²) >= 11 is 0. The van der Waals surface area contributed by atoms with E-state index in [1.165, 1.54) is 51.4 Å². The van der Waals surface area contributed by atoms with Crippen molar-refractivity contribution in [2.75, 3.05) is 0 Å². The maximum atomic E-state index is 10.2. The molecule has 0 aromatic rings. The molecule has 2 N–H and O–H groups in total. The van der Waals surface area contributed by atoms with Crippen molar-refractivity contribution in [2.45, 2.75) is 105 Å². The average molecular weight is 447 g/mol. The Kier molecular flexibility index (Phi) is 38.5. The van der Waals surface area contributed by atoms with Crippen molar-refractivity contribution in [1.82, 2.24) is 0 Å². The minimum Gasteiger partial charge on any atom is -0.372 e. The molecule has 0 aromatic heterocycles.